The van der Waals surface area contributed by atoms with E-state index in [0.717, 1.165) is 43.1 Å². The molecule has 0 amide bonds. The van der Waals surface area contributed by atoms with Crippen molar-refractivity contribution in [3.63, 3.8) is 0 Å². The Labute approximate surface area is 128 Å². The van der Waals surface area contributed by atoms with Crippen molar-refractivity contribution in [3.8, 4) is 11.5 Å². The summed E-state index contributed by atoms with van der Waals surface area (Å²) < 4.78 is 16.8. The number of methoxy groups -OCH3 is 1. The number of nitrogens with one attached hydrogen (secondary N) is 1. The van der Waals surface area contributed by atoms with Gasteiger partial charge in [-0.05, 0) is 38.4 Å². The summed E-state index contributed by atoms with van der Waals surface area (Å²) in [6.07, 6.45) is 2.13. The van der Waals surface area contributed by atoms with E-state index in [2.05, 4.69) is 26.1 Å². The van der Waals surface area contributed by atoms with E-state index in [1.54, 1.807) is 7.11 Å². The minimum atomic E-state index is 0.188. The summed E-state index contributed by atoms with van der Waals surface area (Å²) in [7, 11) is 1.69. The van der Waals surface area contributed by atoms with Crippen molar-refractivity contribution in [2.24, 2.45) is 0 Å². The Hall–Kier alpha value is -1.26. The Morgan fingerprint density at radius 2 is 1.81 bits per heavy atom. The monoisotopic (exact) mass is 295 g/mol. The molecule has 1 rings (SSSR count). The maximum atomic E-state index is 5.88. The lowest BCUT2D eigenvalue weighted by Gasteiger charge is -2.21. The van der Waals surface area contributed by atoms with E-state index < -0.39 is 0 Å². The number of hydrogen-bond acceptors (Lipinski definition) is 4. The zero-order valence-corrected chi connectivity index (χ0v) is 13.8. The molecule has 1 atom stereocenters. The average molecular weight is 295 g/mol. The molecule has 1 unspecified atom stereocenters. The molecule has 0 fully saturated rings. The topological polar surface area (TPSA) is 39.7 Å². The molecule has 0 saturated heterocycles. The quantitative estimate of drug-likeness (QED) is 0.634. The van der Waals surface area contributed by atoms with E-state index in [1.807, 2.05) is 18.2 Å². The molecule has 0 aromatic heterocycles. The summed E-state index contributed by atoms with van der Waals surface area (Å²) >= 11 is 0. The highest BCUT2D eigenvalue weighted by atomic mass is 16.5. The first-order chi connectivity index (χ1) is 10.2. The SMILES string of the molecule is CCCNC(C)c1c(OC)cccc1OCCOCCC. The summed E-state index contributed by atoms with van der Waals surface area (Å²) in [4.78, 5) is 0. The van der Waals surface area contributed by atoms with Gasteiger partial charge in [-0.15, -0.1) is 0 Å². The molecule has 4 nitrogen and oxygen atoms in total. The van der Waals surface area contributed by atoms with E-state index in [4.69, 9.17) is 14.2 Å². The van der Waals surface area contributed by atoms with Gasteiger partial charge in [-0.1, -0.05) is 19.9 Å². The molecule has 0 heterocycles. The second-order valence-electron chi connectivity index (χ2n) is 5.01. The van der Waals surface area contributed by atoms with Crippen LogP contribution in [0.2, 0.25) is 0 Å². The summed E-state index contributed by atoms with van der Waals surface area (Å²) in [6, 6.07) is 6.10. The van der Waals surface area contributed by atoms with Crippen LogP contribution in [0.25, 0.3) is 0 Å². The molecule has 0 saturated carbocycles. The first-order valence-corrected chi connectivity index (χ1v) is 7.85. The first kappa shape index (κ1) is 17.8. The fraction of sp³-hybridized carbons (Fsp3) is 0.647. The Morgan fingerprint density at radius 1 is 1.05 bits per heavy atom. The number of ether oxygens (including phenoxy) is 3. The van der Waals surface area contributed by atoms with Crippen LogP contribution in [0.1, 0.15) is 45.2 Å². The molecular formula is C17H29NO3. The second kappa shape index (κ2) is 10.5. The Kier molecular flexibility index (Phi) is 8.87. The van der Waals surface area contributed by atoms with Crippen molar-refractivity contribution in [3.05, 3.63) is 23.8 Å². The number of benzene rings is 1. The molecule has 0 bridgehead atoms. The van der Waals surface area contributed by atoms with Crippen LogP contribution < -0.4 is 14.8 Å². The smallest absolute Gasteiger partial charge is 0.127 e. The maximum Gasteiger partial charge on any atom is 0.127 e. The van der Waals surface area contributed by atoms with Crippen LogP contribution >= 0.6 is 0 Å². The highest BCUT2D eigenvalue weighted by Gasteiger charge is 2.16. The Balaban J connectivity index is 2.72. The molecule has 0 radical (unpaired) electrons. The third-order valence-corrected chi connectivity index (χ3v) is 3.21. The van der Waals surface area contributed by atoms with Gasteiger partial charge in [0.2, 0.25) is 0 Å². The van der Waals surface area contributed by atoms with Crippen molar-refractivity contribution >= 4 is 0 Å². The average Bonchev–Trinajstić information content (AvgIpc) is 2.52. The van der Waals surface area contributed by atoms with Crippen LogP contribution in [0.15, 0.2) is 18.2 Å². The van der Waals surface area contributed by atoms with Crippen molar-refractivity contribution in [2.45, 2.75) is 39.7 Å². The van der Waals surface area contributed by atoms with Crippen LogP contribution in [0.5, 0.6) is 11.5 Å². The molecule has 120 valence electrons. The van der Waals surface area contributed by atoms with E-state index in [1.165, 1.54) is 0 Å². The predicted octanol–water partition coefficient (Wildman–Crippen LogP) is 3.56. The summed E-state index contributed by atoms with van der Waals surface area (Å²) in [5, 5.41) is 3.48. The van der Waals surface area contributed by atoms with Gasteiger partial charge in [-0.2, -0.15) is 0 Å². The van der Waals surface area contributed by atoms with E-state index in [9.17, 15) is 0 Å². The minimum absolute atomic E-state index is 0.188. The summed E-state index contributed by atoms with van der Waals surface area (Å²) in [5.41, 5.74) is 1.07. The molecule has 0 aliphatic carbocycles. The van der Waals surface area contributed by atoms with Gasteiger partial charge >= 0.3 is 0 Å². The Morgan fingerprint density at radius 3 is 2.48 bits per heavy atom. The van der Waals surface area contributed by atoms with Gasteiger partial charge in [-0.25, -0.2) is 0 Å². The zero-order valence-electron chi connectivity index (χ0n) is 13.8. The van der Waals surface area contributed by atoms with Gasteiger partial charge < -0.3 is 19.5 Å². The third kappa shape index (κ3) is 5.94. The van der Waals surface area contributed by atoms with Crippen molar-refractivity contribution < 1.29 is 14.2 Å². The van der Waals surface area contributed by atoms with Gasteiger partial charge in [-0.3, -0.25) is 0 Å². The van der Waals surface area contributed by atoms with Crippen LogP contribution in [0, 0.1) is 0 Å². The maximum absolute atomic E-state index is 5.88. The van der Waals surface area contributed by atoms with Gasteiger partial charge in [0.15, 0.2) is 0 Å². The van der Waals surface area contributed by atoms with E-state index in [-0.39, 0.29) is 6.04 Å². The van der Waals surface area contributed by atoms with Crippen LogP contribution in [0.3, 0.4) is 0 Å². The number of rotatable bonds is 11. The largest absolute Gasteiger partial charge is 0.496 e. The van der Waals surface area contributed by atoms with Gasteiger partial charge in [0, 0.05) is 12.6 Å². The molecule has 21 heavy (non-hydrogen) atoms. The molecule has 4 heteroatoms. The highest BCUT2D eigenvalue weighted by molar-refractivity contribution is 5.46. The van der Waals surface area contributed by atoms with Crippen LogP contribution in [0.4, 0.5) is 0 Å². The molecule has 0 spiro atoms. The highest BCUT2D eigenvalue weighted by Crippen LogP contribution is 2.33. The molecule has 1 N–H and O–H groups in total. The first-order valence-electron chi connectivity index (χ1n) is 7.85. The fourth-order valence-electron chi connectivity index (χ4n) is 2.17. The lowest BCUT2D eigenvalue weighted by Crippen LogP contribution is -2.21. The third-order valence-electron chi connectivity index (χ3n) is 3.21. The lowest BCUT2D eigenvalue weighted by molar-refractivity contribution is 0.0999. The normalized spacial score (nSPS) is 12.2. The predicted molar refractivity (Wildman–Crippen MR) is 86.3 cm³/mol. The minimum Gasteiger partial charge on any atom is -0.496 e. The molecular weight excluding hydrogens is 266 g/mol. The van der Waals surface area contributed by atoms with E-state index >= 15 is 0 Å². The standard InChI is InChI=1S/C17H29NO3/c1-5-10-18-14(3)17-15(19-4)8-7-9-16(17)21-13-12-20-11-6-2/h7-9,14,18H,5-6,10-13H2,1-4H3. The second-order valence-corrected chi connectivity index (χ2v) is 5.01. The van der Waals surface area contributed by atoms with E-state index in [0.29, 0.717) is 13.2 Å². The van der Waals surface area contributed by atoms with Gasteiger partial charge in [0.05, 0.1) is 19.3 Å². The van der Waals surface area contributed by atoms with Gasteiger partial charge in [0.1, 0.15) is 18.1 Å². The molecule has 0 aliphatic rings. The fourth-order valence-corrected chi connectivity index (χ4v) is 2.17. The molecule has 0 aliphatic heterocycles. The van der Waals surface area contributed by atoms with Crippen molar-refractivity contribution in [1.82, 2.24) is 5.32 Å². The zero-order chi connectivity index (χ0) is 15.5. The van der Waals surface area contributed by atoms with Crippen LogP contribution in [-0.4, -0.2) is 33.5 Å². The van der Waals surface area contributed by atoms with Gasteiger partial charge in [0.25, 0.3) is 0 Å². The summed E-state index contributed by atoms with van der Waals surface area (Å²) in [6.45, 7) is 9.31. The van der Waals surface area contributed by atoms with Crippen LogP contribution in [-0.2, 0) is 4.74 Å². The Bertz CT molecular complexity index is 396. The molecule has 1 aromatic carbocycles. The molecule has 1 aromatic rings. The van der Waals surface area contributed by atoms with Crippen molar-refractivity contribution in [2.75, 3.05) is 33.5 Å². The number of hydrogen-bond donors (Lipinski definition) is 1. The lowest BCUT2D eigenvalue weighted by atomic mass is 10.1. The summed E-state index contributed by atoms with van der Waals surface area (Å²) in [5.74, 6) is 1.73. The van der Waals surface area contributed by atoms with Crippen molar-refractivity contribution in [1.29, 1.82) is 0 Å².